The third-order valence-corrected chi connectivity index (χ3v) is 7.66. The number of Topliss-reactive ketones (excluding diaryl/α,β-unsaturated/α-hetero) is 1. The average Bonchev–Trinajstić information content (AvgIpc) is 3.49. The van der Waals surface area contributed by atoms with Crippen molar-refractivity contribution in [3.05, 3.63) is 98.5 Å². The first-order valence-electron chi connectivity index (χ1n) is 10.7. The second-order valence-corrected chi connectivity index (χ2v) is 10.5. The summed E-state index contributed by atoms with van der Waals surface area (Å²) in [5, 5.41) is 2.17. The Bertz CT molecular complexity index is 1270. The molecule has 2 atom stereocenters. The Kier molecular flexibility index (Phi) is 5.63. The van der Waals surface area contributed by atoms with Crippen molar-refractivity contribution in [2.75, 3.05) is 0 Å². The summed E-state index contributed by atoms with van der Waals surface area (Å²) in [7, 11) is 0. The van der Waals surface area contributed by atoms with Crippen LogP contribution < -0.4 is 0 Å². The van der Waals surface area contributed by atoms with E-state index in [1.54, 1.807) is 12.4 Å². The second kappa shape index (κ2) is 8.35. The largest absolute Gasteiger partial charge is 0.342 e. The van der Waals surface area contributed by atoms with Crippen molar-refractivity contribution in [3.8, 4) is 0 Å². The number of aliphatic imine (C=N–C) groups is 1. The molecule has 5 nitrogen and oxygen atoms in total. The topological polar surface area (TPSA) is 61.4 Å². The fraction of sp³-hybridized carbons (Fsp3) is 0.240. The Balaban J connectivity index is 1.68. The van der Waals surface area contributed by atoms with Gasteiger partial charge in [-0.3, -0.25) is 4.79 Å². The van der Waals surface area contributed by atoms with Gasteiger partial charge in [-0.25, -0.2) is 9.98 Å². The van der Waals surface area contributed by atoms with Crippen LogP contribution in [-0.4, -0.2) is 25.8 Å². The molecular formula is C25H22Cl2N4OS. The van der Waals surface area contributed by atoms with E-state index in [0.29, 0.717) is 20.8 Å². The molecular weight excluding hydrogens is 475 g/mol. The lowest BCUT2D eigenvalue weighted by atomic mass is 9.81. The summed E-state index contributed by atoms with van der Waals surface area (Å²) in [6.45, 7) is 6.34. The molecule has 1 N–H and O–H groups in total. The first kappa shape index (κ1) is 22.3. The van der Waals surface area contributed by atoms with Gasteiger partial charge in [0.15, 0.2) is 11.0 Å². The zero-order valence-electron chi connectivity index (χ0n) is 18.3. The van der Waals surface area contributed by atoms with Crippen molar-refractivity contribution in [1.29, 1.82) is 0 Å². The van der Waals surface area contributed by atoms with Crippen molar-refractivity contribution in [1.82, 2.24) is 14.9 Å². The number of carbonyl (C=O) groups excluding carboxylic acids is 1. The van der Waals surface area contributed by atoms with Crippen molar-refractivity contribution in [2.24, 2.45) is 10.9 Å². The molecule has 3 aromatic rings. The molecule has 168 valence electrons. The van der Waals surface area contributed by atoms with E-state index in [0.717, 1.165) is 22.0 Å². The highest BCUT2D eigenvalue weighted by molar-refractivity contribution is 8.18. The van der Waals surface area contributed by atoms with E-state index >= 15 is 0 Å². The number of halogens is 2. The monoisotopic (exact) mass is 496 g/mol. The van der Waals surface area contributed by atoms with Gasteiger partial charge in [-0.2, -0.15) is 0 Å². The normalized spacial score (nSPS) is 22.2. The number of imidazole rings is 1. The van der Waals surface area contributed by atoms with Gasteiger partial charge in [0.25, 0.3) is 0 Å². The summed E-state index contributed by atoms with van der Waals surface area (Å²) in [5.74, 6) is 0.316. The highest BCUT2D eigenvalue weighted by atomic mass is 35.5. The number of fused-ring (bicyclic) bond motifs is 1. The number of nitrogens with one attached hydrogen (secondary N) is 1. The maximum absolute atomic E-state index is 13.3. The molecule has 0 saturated heterocycles. The van der Waals surface area contributed by atoms with Gasteiger partial charge in [-0.05, 0) is 60.0 Å². The van der Waals surface area contributed by atoms with E-state index in [1.165, 1.54) is 11.8 Å². The Hall–Kier alpha value is -2.54. The van der Waals surface area contributed by atoms with Gasteiger partial charge in [-0.15, -0.1) is 0 Å². The summed E-state index contributed by atoms with van der Waals surface area (Å²) in [6, 6.07) is 15.5. The quantitative estimate of drug-likeness (QED) is 0.392. The number of H-pyrrole nitrogens is 1. The predicted octanol–water partition coefficient (Wildman–Crippen LogP) is 6.84. The van der Waals surface area contributed by atoms with Crippen LogP contribution in [-0.2, 0) is 5.54 Å². The highest BCUT2D eigenvalue weighted by Crippen LogP contribution is 2.56. The van der Waals surface area contributed by atoms with Crippen molar-refractivity contribution in [2.45, 2.75) is 32.4 Å². The number of hydrogen-bond acceptors (Lipinski definition) is 5. The maximum Gasteiger partial charge on any atom is 0.236 e. The predicted molar refractivity (Wildman–Crippen MR) is 135 cm³/mol. The lowest BCUT2D eigenvalue weighted by molar-refractivity contribution is 0.103. The first-order chi connectivity index (χ1) is 15.8. The van der Waals surface area contributed by atoms with Gasteiger partial charge < -0.3 is 9.88 Å². The summed E-state index contributed by atoms with van der Waals surface area (Å²) in [4.78, 5) is 28.5. The number of hydrogen-bond donors (Lipinski definition) is 1. The van der Waals surface area contributed by atoms with Gasteiger partial charge in [0, 0.05) is 28.1 Å². The third kappa shape index (κ3) is 3.70. The number of nitrogens with zero attached hydrogens (tertiary/aromatic N) is 3. The number of benzene rings is 2. The summed E-state index contributed by atoms with van der Waals surface area (Å²) < 4.78 is 0. The van der Waals surface area contributed by atoms with Crippen molar-refractivity contribution < 1.29 is 4.79 Å². The molecule has 0 saturated carbocycles. The van der Waals surface area contributed by atoms with Crippen LogP contribution in [0.25, 0.3) is 0 Å². The summed E-state index contributed by atoms with van der Waals surface area (Å²) in [5.41, 5.74) is 2.50. The number of amidine groups is 1. The average molecular weight is 497 g/mol. The van der Waals surface area contributed by atoms with Gasteiger partial charge >= 0.3 is 0 Å². The Labute approximate surface area is 206 Å². The molecule has 2 aromatic carbocycles. The molecule has 0 amide bonds. The van der Waals surface area contributed by atoms with Crippen LogP contribution in [0, 0.1) is 5.92 Å². The number of aromatic amines is 1. The lowest BCUT2D eigenvalue weighted by Gasteiger charge is -2.37. The number of thioether (sulfide) groups is 1. The van der Waals surface area contributed by atoms with Gasteiger partial charge in [0.2, 0.25) is 5.78 Å². The second-order valence-electron chi connectivity index (χ2n) is 8.61. The minimum atomic E-state index is -0.583. The zero-order chi connectivity index (χ0) is 23.3. The Morgan fingerprint density at radius 3 is 2.30 bits per heavy atom. The van der Waals surface area contributed by atoms with Crippen molar-refractivity contribution in [3.63, 3.8) is 0 Å². The number of ketones is 1. The van der Waals surface area contributed by atoms with E-state index in [9.17, 15) is 4.79 Å². The molecule has 0 bridgehead atoms. The Morgan fingerprint density at radius 2 is 1.73 bits per heavy atom. The van der Waals surface area contributed by atoms with E-state index < -0.39 is 5.54 Å². The standard InChI is InChI=1S/C25H22Cl2N4OS/c1-14(2)19-21(20(32)23-28-12-13-29-23)33-24-30-25(3,16-6-10-18(27)11-7-16)22(31(19)24)15-4-8-17(26)9-5-15/h4-14,22H,1-3H3,(H,28,29)/t22-,25+/m1/s1. The first-order valence-corrected chi connectivity index (χ1v) is 12.2. The molecule has 0 radical (unpaired) electrons. The molecule has 5 rings (SSSR count). The van der Waals surface area contributed by atoms with E-state index in [2.05, 4.69) is 35.6 Å². The molecule has 2 aliphatic heterocycles. The Morgan fingerprint density at radius 1 is 1.09 bits per heavy atom. The molecule has 33 heavy (non-hydrogen) atoms. The molecule has 8 heteroatoms. The highest BCUT2D eigenvalue weighted by Gasteiger charge is 2.53. The van der Waals surface area contributed by atoms with E-state index in [4.69, 9.17) is 28.2 Å². The number of aromatic nitrogens is 2. The number of allylic oxidation sites excluding steroid dienone is 2. The molecule has 0 spiro atoms. The van der Waals surface area contributed by atoms with Crippen molar-refractivity contribution >= 4 is 45.9 Å². The van der Waals surface area contributed by atoms with E-state index in [-0.39, 0.29) is 17.7 Å². The van der Waals surface area contributed by atoms with E-state index in [1.807, 2.05) is 48.5 Å². The minimum absolute atomic E-state index is 0.0986. The van der Waals surface area contributed by atoms with Gasteiger partial charge in [0.05, 0.1) is 10.9 Å². The summed E-state index contributed by atoms with van der Waals surface area (Å²) in [6.07, 6.45) is 3.25. The molecule has 3 heterocycles. The molecule has 0 unspecified atom stereocenters. The van der Waals surface area contributed by atoms with Crippen LogP contribution in [0.4, 0.5) is 0 Å². The maximum atomic E-state index is 13.3. The van der Waals surface area contributed by atoms with Crippen LogP contribution >= 0.6 is 35.0 Å². The minimum Gasteiger partial charge on any atom is -0.342 e. The fourth-order valence-corrected chi connectivity index (χ4v) is 6.17. The van der Waals surface area contributed by atoms with Crippen LogP contribution in [0.15, 0.2) is 76.5 Å². The molecule has 0 aliphatic carbocycles. The molecule has 1 aromatic heterocycles. The smallest absolute Gasteiger partial charge is 0.236 e. The van der Waals surface area contributed by atoms with Crippen LogP contribution in [0.1, 0.15) is 48.6 Å². The lowest BCUT2D eigenvalue weighted by Crippen LogP contribution is -2.36. The zero-order valence-corrected chi connectivity index (χ0v) is 20.7. The van der Waals surface area contributed by atoms with Crippen LogP contribution in [0.5, 0.6) is 0 Å². The number of carbonyl (C=O) groups is 1. The third-order valence-electron chi connectivity index (χ3n) is 6.09. The van der Waals surface area contributed by atoms with Gasteiger partial charge in [0.1, 0.15) is 5.54 Å². The van der Waals surface area contributed by atoms with Crippen LogP contribution in [0.3, 0.4) is 0 Å². The SMILES string of the molecule is CC(C)C1=C(C(=O)c2ncc[nH]2)SC2=N[C@@](C)(c3ccc(Cl)cc3)[C@@H](c3ccc(Cl)cc3)N21. The molecule has 2 aliphatic rings. The van der Waals surface area contributed by atoms with Gasteiger partial charge in [-0.1, -0.05) is 61.3 Å². The summed E-state index contributed by atoms with van der Waals surface area (Å²) >= 11 is 13.8. The fourth-order valence-electron chi connectivity index (χ4n) is 4.57. The number of rotatable bonds is 5. The molecule has 0 fully saturated rings. The van der Waals surface area contributed by atoms with Crippen LogP contribution in [0.2, 0.25) is 10.0 Å².